The summed E-state index contributed by atoms with van der Waals surface area (Å²) < 4.78 is 1.82. The zero-order chi connectivity index (χ0) is 8.39. The van der Waals surface area contributed by atoms with Crippen molar-refractivity contribution in [3.05, 3.63) is 6.33 Å². The molecular weight excluding hydrogens is 190 g/mol. The molecule has 0 saturated carbocycles. The van der Waals surface area contributed by atoms with Crippen LogP contribution in [-0.4, -0.2) is 27.9 Å². The van der Waals surface area contributed by atoms with E-state index in [0.29, 0.717) is 12.0 Å². The van der Waals surface area contributed by atoms with Crippen molar-refractivity contribution in [1.29, 1.82) is 0 Å². The Balaban J connectivity index is 0.000000845. The van der Waals surface area contributed by atoms with Gasteiger partial charge in [-0.2, -0.15) is 5.10 Å². The molecule has 3 N–H and O–H groups in total. The van der Waals surface area contributed by atoms with Crippen LogP contribution in [0.3, 0.4) is 0 Å². The van der Waals surface area contributed by atoms with Crippen LogP contribution >= 0.6 is 12.4 Å². The Morgan fingerprint density at radius 3 is 2.69 bits per heavy atom. The second-order valence-corrected chi connectivity index (χ2v) is 3.04. The Labute approximate surface area is 83.1 Å². The van der Waals surface area contributed by atoms with Crippen LogP contribution in [0.15, 0.2) is 6.33 Å². The smallest absolute Gasteiger partial charge is 0.218 e. The monoisotopic (exact) mass is 203 g/mol. The second-order valence-electron chi connectivity index (χ2n) is 3.04. The van der Waals surface area contributed by atoms with Crippen LogP contribution in [0, 0.1) is 0 Å². The largest absolute Gasteiger partial charge is 0.368 e. The Hall–Kier alpha value is -0.810. The summed E-state index contributed by atoms with van der Waals surface area (Å²) in [5.74, 6) is 0.530. The van der Waals surface area contributed by atoms with E-state index in [1.807, 2.05) is 4.68 Å². The maximum atomic E-state index is 5.64. The number of aromatic nitrogens is 3. The van der Waals surface area contributed by atoms with E-state index in [1.54, 1.807) is 0 Å². The fourth-order valence-corrected chi connectivity index (χ4v) is 1.59. The lowest BCUT2D eigenvalue weighted by Gasteiger charge is -2.22. The molecular formula is C7H14ClN5. The molecule has 1 aliphatic heterocycles. The van der Waals surface area contributed by atoms with Gasteiger partial charge in [0.1, 0.15) is 6.33 Å². The summed E-state index contributed by atoms with van der Waals surface area (Å²) in [6, 6.07) is 0.439. The van der Waals surface area contributed by atoms with Gasteiger partial charge < -0.3 is 11.1 Å². The van der Waals surface area contributed by atoms with Crippen molar-refractivity contribution in [3.63, 3.8) is 0 Å². The van der Waals surface area contributed by atoms with Gasteiger partial charge in [-0.05, 0) is 25.9 Å². The number of hydrogen-bond acceptors (Lipinski definition) is 4. The Kier molecular flexibility index (Phi) is 3.50. The summed E-state index contributed by atoms with van der Waals surface area (Å²) in [7, 11) is 0. The first-order valence-electron chi connectivity index (χ1n) is 4.23. The fraction of sp³-hybridized carbons (Fsp3) is 0.714. The maximum Gasteiger partial charge on any atom is 0.218 e. The van der Waals surface area contributed by atoms with Crippen molar-refractivity contribution in [2.24, 2.45) is 0 Å². The number of nitrogen functional groups attached to an aromatic ring is 1. The van der Waals surface area contributed by atoms with Gasteiger partial charge in [0.25, 0.3) is 0 Å². The van der Waals surface area contributed by atoms with Gasteiger partial charge in [-0.15, -0.1) is 12.4 Å². The minimum absolute atomic E-state index is 0. The number of hydrogen-bond donors (Lipinski definition) is 2. The number of nitrogens with zero attached hydrogens (tertiary/aromatic N) is 3. The molecule has 0 amide bonds. The van der Waals surface area contributed by atoms with Gasteiger partial charge in [-0.3, -0.25) is 0 Å². The van der Waals surface area contributed by atoms with Crippen LogP contribution in [0.5, 0.6) is 0 Å². The normalized spacial score (nSPS) is 18.2. The lowest BCUT2D eigenvalue weighted by molar-refractivity contribution is 0.346. The van der Waals surface area contributed by atoms with Crippen LogP contribution in [0.4, 0.5) is 5.95 Å². The summed E-state index contributed by atoms with van der Waals surface area (Å²) in [4.78, 5) is 3.90. The first-order valence-corrected chi connectivity index (χ1v) is 4.23. The van der Waals surface area contributed by atoms with Crippen molar-refractivity contribution in [2.75, 3.05) is 18.8 Å². The quantitative estimate of drug-likeness (QED) is 0.685. The SMILES string of the molecule is Cl.Nc1ncnn1C1CCNCC1. The zero-order valence-corrected chi connectivity index (χ0v) is 8.13. The fourth-order valence-electron chi connectivity index (χ4n) is 1.59. The molecule has 1 aromatic heterocycles. The van der Waals surface area contributed by atoms with Gasteiger partial charge in [0.2, 0.25) is 5.95 Å². The predicted octanol–water partition coefficient (Wildman–Crippen LogP) is 0.207. The Morgan fingerprint density at radius 1 is 1.46 bits per heavy atom. The van der Waals surface area contributed by atoms with E-state index in [2.05, 4.69) is 15.4 Å². The highest BCUT2D eigenvalue weighted by Crippen LogP contribution is 2.18. The molecule has 1 saturated heterocycles. The summed E-state index contributed by atoms with van der Waals surface area (Å²) in [5.41, 5.74) is 5.64. The van der Waals surface area contributed by atoms with E-state index >= 15 is 0 Å². The topological polar surface area (TPSA) is 68.8 Å². The lowest BCUT2D eigenvalue weighted by Crippen LogP contribution is -2.30. The molecule has 1 aliphatic rings. The molecule has 0 atom stereocenters. The molecule has 5 nitrogen and oxygen atoms in total. The molecule has 1 fully saturated rings. The van der Waals surface area contributed by atoms with E-state index in [0.717, 1.165) is 25.9 Å². The molecule has 1 aromatic rings. The molecule has 0 unspecified atom stereocenters. The number of halogens is 1. The first kappa shape index (κ1) is 10.3. The number of anilines is 1. The highest BCUT2D eigenvalue weighted by Gasteiger charge is 2.17. The minimum Gasteiger partial charge on any atom is -0.368 e. The van der Waals surface area contributed by atoms with Crippen molar-refractivity contribution in [2.45, 2.75) is 18.9 Å². The Bertz CT molecular complexity index is 255. The van der Waals surface area contributed by atoms with Crippen molar-refractivity contribution in [3.8, 4) is 0 Å². The van der Waals surface area contributed by atoms with Crippen LogP contribution in [0.1, 0.15) is 18.9 Å². The van der Waals surface area contributed by atoms with E-state index in [9.17, 15) is 0 Å². The number of nitrogens with two attached hydrogens (primary N) is 1. The lowest BCUT2D eigenvalue weighted by atomic mass is 10.1. The van der Waals surface area contributed by atoms with Gasteiger partial charge in [-0.25, -0.2) is 9.67 Å². The summed E-state index contributed by atoms with van der Waals surface area (Å²) in [5, 5.41) is 7.39. The first-order chi connectivity index (χ1) is 5.88. The third kappa shape index (κ3) is 2.10. The van der Waals surface area contributed by atoms with Gasteiger partial charge in [-0.1, -0.05) is 0 Å². The summed E-state index contributed by atoms with van der Waals surface area (Å²) >= 11 is 0. The van der Waals surface area contributed by atoms with Gasteiger partial charge in [0.05, 0.1) is 6.04 Å². The predicted molar refractivity (Wildman–Crippen MR) is 52.8 cm³/mol. The molecule has 0 spiro atoms. The van der Waals surface area contributed by atoms with Crippen LogP contribution in [-0.2, 0) is 0 Å². The van der Waals surface area contributed by atoms with Crippen LogP contribution in [0.25, 0.3) is 0 Å². The van der Waals surface area contributed by atoms with Crippen molar-refractivity contribution >= 4 is 18.4 Å². The van der Waals surface area contributed by atoms with Gasteiger partial charge in [0, 0.05) is 0 Å². The summed E-state index contributed by atoms with van der Waals surface area (Å²) in [6.45, 7) is 2.09. The third-order valence-corrected chi connectivity index (χ3v) is 2.26. The number of nitrogens with one attached hydrogen (secondary N) is 1. The average molecular weight is 204 g/mol. The number of piperidine rings is 1. The molecule has 0 bridgehead atoms. The van der Waals surface area contributed by atoms with Crippen molar-refractivity contribution < 1.29 is 0 Å². The van der Waals surface area contributed by atoms with Gasteiger partial charge in [0.15, 0.2) is 0 Å². The van der Waals surface area contributed by atoms with E-state index < -0.39 is 0 Å². The average Bonchev–Trinajstić information content (AvgIpc) is 2.53. The van der Waals surface area contributed by atoms with Crippen molar-refractivity contribution in [1.82, 2.24) is 20.1 Å². The molecule has 0 aromatic carbocycles. The maximum absolute atomic E-state index is 5.64. The van der Waals surface area contributed by atoms with E-state index in [-0.39, 0.29) is 12.4 Å². The summed E-state index contributed by atoms with van der Waals surface area (Å²) in [6.07, 6.45) is 3.69. The Morgan fingerprint density at radius 2 is 2.15 bits per heavy atom. The highest BCUT2D eigenvalue weighted by molar-refractivity contribution is 5.85. The standard InChI is InChI=1S/C7H13N5.ClH/c8-7-10-5-11-12(7)6-1-3-9-4-2-6;/h5-6,9H,1-4H2,(H2,8,10,11);1H. The molecule has 74 valence electrons. The molecule has 13 heavy (non-hydrogen) atoms. The van der Waals surface area contributed by atoms with E-state index in [1.165, 1.54) is 6.33 Å². The van der Waals surface area contributed by atoms with E-state index in [4.69, 9.17) is 5.73 Å². The van der Waals surface area contributed by atoms with Crippen LogP contribution < -0.4 is 11.1 Å². The second kappa shape index (κ2) is 4.43. The number of rotatable bonds is 1. The highest BCUT2D eigenvalue weighted by atomic mass is 35.5. The minimum atomic E-state index is 0. The molecule has 6 heteroatoms. The molecule has 0 aliphatic carbocycles. The van der Waals surface area contributed by atoms with Crippen LogP contribution in [0.2, 0.25) is 0 Å². The molecule has 0 radical (unpaired) electrons. The molecule has 2 heterocycles. The van der Waals surface area contributed by atoms with Gasteiger partial charge >= 0.3 is 0 Å². The third-order valence-electron chi connectivity index (χ3n) is 2.26. The zero-order valence-electron chi connectivity index (χ0n) is 7.31. The molecule has 2 rings (SSSR count).